The predicted octanol–water partition coefficient (Wildman–Crippen LogP) is 3.91. The van der Waals surface area contributed by atoms with Crippen LogP contribution in [0.25, 0.3) is 0 Å². The summed E-state index contributed by atoms with van der Waals surface area (Å²) in [5.41, 5.74) is -0.538. The van der Waals surface area contributed by atoms with Crippen molar-refractivity contribution in [1.29, 1.82) is 0 Å². The van der Waals surface area contributed by atoms with Gasteiger partial charge in [-0.1, -0.05) is 23.7 Å². The van der Waals surface area contributed by atoms with Crippen molar-refractivity contribution in [3.05, 3.63) is 29.3 Å². The lowest BCUT2D eigenvalue weighted by Crippen LogP contribution is -2.61. The fraction of sp³-hybridized carbons (Fsp3) is 0.625. The molecule has 5 heteroatoms. The number of rotatable bonds is 3. The summed E-state index contributed by atoms with van der Waals surface area (Å²) in [4.78, 5) is 0. The Balaban J connectivity index is 2.49. The molecule has 118 valence electrons. The normalized spacial score (nSPS) is 23.5. The number of benzene rings is 1. The van der Waals surface area contributed by atoms with Gasteiger partial charge in [0.05, 0.1) is 11.2 Å². The minimum Gasteiger partial charge on any atom is -0.370 e. The first-order valence-corrected chi connectivity index (χ1v) is 9.59. The van der Waals surface area contributed by atoms with Crippen molar-refractivity contribution >= 4 is 25.6 Å². The summed E-state index contributed by atoms with van der Waals surface area (Å²) in [5.74, 6) is 0. The van der Waals surface area contributed by atoms with Crippen LogP contribution in [0.2, 0.25) is 5.02 Å². The molecule has 1 fully saturated rings. The van der Waals surface area contributed by atoms with Gasteiger partial charge >= 0.3 is 8.80 Å². The van der Waals surface area contributed by atoms with Gasteiger partial charge in [0.1, 0.15) is 0 Å². The maximum Gasteiger partial charge on any atom is 0.538 e. The molecule has 1 aromatic carbocycles. The van der Waals surface area contributed by atoms with Crippen LogP contribution in [0.4, 0.5) is 0 Å². The summed E-state index contributed by atoms with van der Waals surface area (Å²) < 4.78 is 19.0. The Morgan fingerprint density at radius 2 is 1.52 bits per heavy atom. The Morgan fingerprint density at radius 1 is 1.05 bits per heavy atom. The van der Waals surface area contributed by atoms with E-state index in [-0.39, 0.29) is 11.2 Å². The summed E-state index contributed by atoms with van der Waals surface area (Å²) in [7, 11) is -2.96. The van der Waals surface area contributed by atoms with E-state index in [9.17, 15) is 0 Å². The Kier molecular flexibility index (Phi) is 4.86. The zero-order chi connectivity index (χ0) is 15.7. The molecule has 0 amide bonds. The van der Waals surface area contributed by atoms with E-state index in [0.29, 0.717) is 11.6 Å². The third-order valence-electron chi connectivity index (χ3n) is 3.68. The predicted molar refractivity (Wildman–Crippen MR) is 88.0 cm³/mol. The van der Waals surface area contributed by atoms with Crippen LogP contribution in [-0.2, 0) is 13.3 Å². The van der Waals surface area contributed by atoms with Crippen LogP contribution in [0.1, 0.15) is 47.5 Å². The molecular weight excluding hydrogens is 304 g/mol. The van der Waals surface area contributed by atoms with Crippen molar-refractivity contribution in [1.82, 2.24) is 0 Å². The van der Waals surface area contributed by atoms with Crippen molar-refractivity contribution in [3.8, 4) is 0 Å². The maximum atomic E-state index is 6.44. The molecule has 0 N–H and O–H groups in total. The first-order chi connectivity index (χ1) is 9.68. The second kappa shape index (κ2) is 6.01. The molecule has 21 heavy (non-hydrogen) atoms. The first kappa shape index (κ1) is 17.0. The number of halogens is 1. The molecule has 0 aromatic heterocycles. The Hall–Kier alpha value is -0.393. The molecule has 1 aliphatic rings. The van der Waals surface area contributed by atoms with Gasteiger partial charge in [-0.15, -0.1) is 0 Å². The molecule has 1 saturated heterocycles. The smallest absolute Gasteiger partial charge is 0.370 e. The van der Waals surface area contributed by atoms with Crippen molar-refractivity contribution in [2.45, 2.75) is 58.7 Å². The van der Waals surface area contributed by atoms with Crippen LogP contribution in [-0.4, -0.2) is 26.6 Å². The van der Waals surface area contributed by atoms with Crippen LogP contribution in [0.5, 0.6) is 0 Å². The zero-order valence-corrected chi connectivity index (χ0v) is 15.3. The highest BCUT2D eigenvalue weighted by Crippen LogP contribution is 2.35. The van der Waals surface area contributed by atoms with Gasteiger partial charge in [0, 0.05) is 16.8 Å². The first-order valence-electron chi connectivity index (χ1n) is 7.48. The van der Waals surface area contributed by atoms with E-state index in [0.717, 1.165) is 18.0 Å². The molecule has 1 aliphatic heterocycles. The lowest BCUT2D eigenvalue weighted by Gasteiger charge is -2.37. The topological polar surface area (TPSA) is 27.7 Å². The van der Waals surface area contributed by atoms with E-state index in [2.05, 4.69) is 27.7 Å². The highest BCUT2D eigenvalue weighted by Gasteiger charge is 2.53. The van der Waals surface area contributed by atoms with Crippen LogP contribution in [0.15, 0.2) is 24.3 Å². The zero-order valence-electron chi connectivity index (χ0n) is 13.5. The molecule has 0 spiro atoms. The van der Waals surface area contributed by atoms with Crippen molar-refractivity contribution in [2.24, 2.45) is 0 Å². The second-order valence-electron chi connectivity index (χ2n) is 6.72. The largest absolute Gasteiger partial charge is 0.538 e. The summed E-state index contributed by atoms with van der Waals surface area (Å²) in [6, 6.07) is 7.65. The van der Waals surface area contributed by atoms with Crippen molar-refractivity contribution < 1.29 is 13.3 Å². The van der Waals surface area contributed by atoms with Crippen molar-refractivity contribution in [3.63, 3.8) is 0 Å². The maximum absolute atomic E-state index is 6.44. The van der Waals surface area contributed by atoms with Crippen LogP contribution < -0.4 is 5.19 Å². The highest BCUT2D eigenvalue weighted by atomic mass is 35.5. The molecule has 0 aliphatic carbocycles. The lowest BCUT2D eigenvalue weighted by atomic mass is 9.94. The molecule has 1 aromatic rings. The quantitative estimate of drug-likeness (QED) is 0.787. The van der Waals surface area contributed by atoms with Gasteiger partial charge in [-0.2, -0.15) is 0 Å². The SMILES string of the molecule is CCO[Si]1(c2ccc(Cl)cc2)OC(C)(C)CCC(C)(C)O1. The van der Waals surface area contributed by atoms with E-state index in [1.54, 1.807) is 0 Å². The Bertz CT molecular complexity index is 467. The summed E-state index contributed by atoms with van der Waals surface area (Å²) in [6.45, 7) is 11.0. The van der Waals surface area contributed by atoms with Crippen LogP contribution in [0, 0.1) is 0 Å². The Labute approximate surface area is 133 Å². The van der Waals surface area contributed by atoms with Gasteiger partial charge in [-0.25, -0.2) is 0 Å². The van der Waals surface area contributed by atoms with Gasteiger partial charge in [-0.3, -0.25) is 0 Å². The molecule has 0 saturated carbocycles. The molecular formula is C16H25ClO3Si. The molecule has 0 bridgehead atoms. The summed E-state index contributed by atoms with van der Waals surface area (Å²) in [6.07, 6.45) is 1.88. The summed E-state index contributed by atoms with van der Waals surface area (Å²) in [5, 5.41) is 1.67. The monoisotopic (exact) mass is 328 g/mol. The fourth-order valence-electron chi connectivity index (χ4n) is 2.56. The van der Waals surface area contributed by atoms with E-state index in [1.807, 2.05) is 31.2 Å². The highest BCUT2D eigenvalue weighted by molar-refractivity contribution is 6.75. The lowest BCUT2D eigenvalue weighted by molar-refractivity contribution is -0.0115. The number of hydrogen-bond donors (Lipinski definition) is 0. The molecule has 2 rings (SSSR count). The third kappa shape index (κ3) is 4.08. The standard InChI is InChI=1S/C16H25ClO3Si/c1-6-18-21(14-9-7-13(17)8-10-14)19-15(2,3)11-12-16(4,5)20-21/h7-10H,6,11-12H2,1-5H3. The second-order valence-corrected chi connectivity index (χ2v) is 9.54. The molecule has 1 heterocycles. The average Bonchev–Trinajstić information content (AvgIpc) is 2.45. The molecule has 3 nitrogen and oxygen atoms in total. The minimum absolute atomic E-state index is 0.269. The average molecular weight is 329 g/mol. The van der Waals surface area contributed by atoms with E-state index < -0.39 is 8.80 Å². The minimum atomic E-state index is -2.96. The van der Waals surface area contributed by atoms with Gasteiger partial charge in [0.2, 0.25) is 0 Å². The molecule has 0 radical (unpaired) electrons. The van der Waals surface area contributed by atoms with E-state index >= 15 is 0 Å². The van der Waals surface area contributed by atoms with E-state index in [4.69, 9.17) is 24.9 Å². The van der Waals surface area contributed by atoms with Gasteiger partial charge in [0.25, 0.3) is 0 Å². The van der Waals surface area contributed by atoms with Gasteiger partial charge in [-0.05, 0) is 59.6 Å². The summed E-state index contributed by atoms with van der Waals surface area (Å²) >= 11 is 6.01. The molecule has 0 atom stereocenters. The van der Waals surface area contributed by atoms with E-state index in [1.165, 1.54) is 0 Å². The Morgan fingerprint density at radius 3 is 1.95 bits per heavy atom. The van der Waals surface area contributed by atoms with Crippen molar-refractivity contribution in [2.75, 3.05) is 6.61 Å². The third-order valence-corrected chi connectivity index (χ3v) is 7.29. The van der Waals surface area contributed by atoms with Gasteiger partial charge < -0.3 is 13.3 Å². The van der Waals surface area contributed by atoms with Gasteiger partial charge in [0.15, 0.2) is 0 Å². The van der Waals surface area contributed by atoms with Crippen LogP contribution in [0.3, 0.4) is 0 Å². The van der Waals surface area contributed by atoms with Crippen LogP contribution >= 0.6 is 11.6 Å². The number of hydrogen-bond acceptors (Lipinski definition) is 3. The molecule has 0 unspecified atom stereocenters. The fourth-order valence-corrected chi connectivity index (χ4v) is 5.86.